The van der Waals surface area contributed by atoms with E-state index >= 15 is 0 Å². The SMILES string of the molecule is CCCCCCCCCCCCCCCCCCSC(NC)NC. The van der Waals surface area contributed by atoms with Gasteiger partial charge in [-0.25, -0.2) is 0 Å². The molecule has 146 valence electrons. The van der Waals surface area contributed by atoms with Gasteiger partial charge in [-0.2, -0.15) is 0 Å². The van der Waals surface area contributed by atoms with Gasteiger partial charge >= 0.3 is 0 Å². The fourth-order valence-electron chi connectivity index (χ4n) is 3.16. The van der Waals surface area contributed by atoms with E-state index < -0.39 is 0 Å². The van der Waals surface area contributed by atoms with E-state index in [0.717, 1.165) is 0 Å². The molecule has 0 aliphatic carbocycles. The van der Waals surface area contributed by atoms with Crippen LogP contribution in [0.15, 0.2) is 0 Å². The summed E-state index contributed by atoms with van der Waals surface area (Å²) in [5.74, 6) is 1.27. The Hall–Kier alpha value is 0.270. The highest BCUT2D eigenvalue weighted by Gasteiger charge is 2.01. The summed E-state index contributed by atoms with van der Waals surface area (Å²) >= 11 is 1.99. The highest BCUT2D eigenvalue weighted by molar-refractivity contribution is 7.99. The smallest absolute Gasteiger partial charge is 0.105 e. The second-order valence-electron chi connectivity index (χ2n) is 7.13. The van der Waals surface area contributed by atoms with Crippen molar-refractivity contribution in [1.29, 1.82) is 0 Å². The molecule has 0 atom stereocenters. The second kappa shape index (κ2) is 21.3. The molecular formula is C21H46N2S. The second-order valence-corrected chi connectivity index (χ2v) is 8.34. The van der Waals surface area contributed by atoms with Crippen LogP contribution in [0, 0.1) is 0 Å². The van der Waals surface area contributed by atoms with Crippen molar-refractivity contribution in [1.82, 2.24) is 10.6 Å². The molecule has 0 aromatic rings. The molecule has 24 heavy (non-hydrogen) atoms. The van der Waals surface area contributed by atoms with Gasteiger partial charge in [-0.15, -0.1) is 11.8 Å². The Morgan fingerprint density at radius 2 is 0.875 bits per heavy atom. The van der Waals surface area contributed by atoms with Crippen LogP contribution in [0.1, 0.15) is 110 Å². The third-order valence-electron chi connectivity index (χ3n) is 4.81. The van der Waals surface area contributed by atoms with Crippen molar-refractivity contribution in [3.8, 4) is 0 Å². The van der Waals surface area contributed by atoms with Gasteiger partial charge in [-0.3, -0.25) is 10.6 Å². The van der Waals surface area contributed by atoms with E-state index in [9.17, 15) is 0 Å². The molecule has 0 saturated carbocycles. The summed E-state index contributed by atoms with van der Waals surface area (Å²) in [5.41, 5.74) is 0.418. The normalized spacial score (nSPS) is 11.5. The Kier molecular flexibility index (Phi) is 21.6. The van der Waals surface area contributed by atoms with E-state index in [1.165, 1.54) is 108 Å². The van der Waals surface area contributed by atoms with Gasteiger partial charge in [0.15, 0.2) is 0 Å². The Labute approximate surface area is 157 Å². The van der Waals surface area contributed by atoms with Gasteiger partial charge in [0.2, 0.25) is 0 Å². The molecule has 0 rings (SSSR count). The van der Waals surface area contributed by atoms with Crippen molar-refractivity contribution in [3.63, 3.8) is 0 Å². The van der Waals surface area contributed by atoms with Gasteiger partial charge in [0, 0.05) is 0 Å². The molecule has 0 aliphatic rings. The molecule has 0 aromatic carbocycles. The highest BCUT2D eigenvalue weighted by atomic mass is 32.2. The fourth-order valence-corrected chi connectivity index (χ4v) is 4.10. The largest absolute Gasteiger partial charge is 0.296 e. The lowest BCUT2D eigenvalue weighted by Crippen LogP contribution is -2.34. The minimum atomic E-state index is 0.418. The minimum absolute atomic E-state index is 0.418. The molecule has 0 radical (unpaired) electrons. The maximum absolute atomic E-state index is 3.26. The van der Waals surface area contributed by atoms with Crippen molar-refractivity contribution in [2.24, 2.45) is 0 Å². The monoisotopic (exact) mass is 358 g/mol. The maximum Gasteiger partial charge on any atom is 0.105 e. The summed E-state index contributed by atoms with van der Waals surface area (Å²) in [6.45, 7) is 2.30. The molecule has 0 spiro atoms. The lowest BCUT2D eigenvalue weighted by molar-refractivity contribution is 0.531. The summed E-state index contributed by atoms with van der Waals surface area (Å²) < 4.78 is 0. The van der Waals surface area contributed by atoms with Gasteiger partial charge < -0.3 is 0 Å². The zero-order valence-electron chi connectivity index (χ0n) is 17.0. The molecule has 3 heteroatoms. The van der Waals surface area contributed by atoms with Crippen molar-refractivity contribution in [2.75, 3.05) is 19.8 Å². The predicted octanol–water partition coefficient (Wildman–Crippen LogP) is 6.70. The summed E-state index contributed by atoms with van der Waals surface area (Å²) in [7, 11) is 4.03. The summed E-state index contributed by atoms with van der Waals surface area (Å²) in [6.07, 6.45) is 23.2. The van der Waals surface area contributed by atoms with E-state index in [2.05, 4.69) is 17.6 Å². The fraction of sp³-hybridized carbons (Fsp3) is 1.00. The van der Waals surface area contributed by atoms with Gasteiger partial charge in [-0.05, 0) is 26.3 Å². The van der Waals surface area contributed by atoms with Crippen LogP contribution in [0.25, 0.3) is 0 Å². The van der Waals surface area contributed by atoms with Crippen molar-refractivity contribution < 1.29 is 0 Å². The van der Waals surface area contributed by atoms with Crippen LogP contribution in [0.5, 0.6) is 0 Å². The van der Waals surface area contributed by atoms with Crippen molar-refractivity contribution in [3.05, 3.63) is 0 Å². The van der Waals surface area contributed by atoms with Crippen LogP contribution >= 0.6 is 11.8 Å². The lowest BCUT2D eigenvalue weighted by Gasteiger charge is -2.13. The molecule has 2 nitrogen and oxygen atoms in total. The quantitative estimate of drug-likeness (QED) is 0.187. The molecule has 0 bridgehead atoms. The van der Waals surface area contributed by atoms with E-state index in [-0.39, 0.29) is 0 Å². The summed E-state index contributed by atoms with van der Waals surface area (Å²) in [5, 5.41) is 6.52. The van der Waals surface area contributed by atoms with E-state index in [1.54, 1.807) is 0 Å². The number of unbranched alkanes of at least 4 members (excludes halogenated alkanes) is 15. The van der Waals surface area contributed by atoms with Crippen molar-refractivity contribution in [2.45, 2.75) is 115 Å². The van der Waals surface area contributed by atoms with Gasteiger partial charge in [0.25, 0.3) is 0 Å². The zero-order valence-corrected chi connectivity index (χ0v) is 17.8. The standard InChI is InChI=1S/C21H46N2S/c1-4-5-6-7-8-9-10-11-12-13-14-15-16-17-18-19-20-24-21(22-2)23-3/h21-23H,4-20H2,1-3H3. The minimum Gasteiger partial charge on any atom is -0.296 e. The number of thioether (sulfide) groups is 1. The van der Waals surface area contributed by atoms with Crippen LogP contribution in [0.3, 0.4) is 0 Å². The average Bonchev–Trinajstić information content (AvgIpc) is 2.61. The first-order chi connectivity index (χ1) is 11.8. The first-order valence-corrected chi connectivity index (χ1v) is 11.9. The Bertz CT molecular complexity index is 220. The van der Waals surface area contributed by atoms with Crippen LogP contribution in [-0.4, -0.2) is 25.3 Å². The number of hydrogen-bond acceptors (Lipinski definition) is 3. The molecule has 0 amide bonds. The molecule has 0 unspecified atom stereocenters. The van der Waals surface area contributed by atoms with E-state index in [1.807, 2.05) is 25.9 Å². The molecular weight excluding hydrogens is 312 g/mol. The van der Waals surface area contributed by atoms with Crippen LogP contribution in [0.2, 0.25) is 0 Å². The predicted molar refractivity (Wildman–Crippen MR) is 114 cm³/mol. The third kappa shape index (κ3) is 18.6. The lowest BCUT2D eigenvalue weighted by atomic mass is 10.0. The van der Waals surface area contributed by atoms with Gasteiger partial charge in [0.1, 0.15) is 5.50 Å². The van der Waals surface area contributed by atoms with Crippen molar-refractivity contribution >= 4 is 11.8 Å². The molecule has 0 fully saturated rings. The first kappa shape index (κ1) is 24.3. The molecule has 0 saturated heterocycles. The number of rotatable bonds is 20. The molecule has 0 aliphatic heterocycles. The molecule has 0 heterocycles. The molecule has 0 aromatic heterocycles. The summed E-state index contributed by atoms with van der Waals surface area (Å²) in [4.78, 5) is 0. The first-order valence-electron chi connectivity index (χ1n) is 10.8. The van der Waals surface area contributed by atoms with Gasteiger partial charge in [0.05, 0.1) is 0 Å². The number of nitrogens with one attached hydrogen (secondary N) is 2. The summed E-state index contributed by atoms with van der Waals surface area (Å²) in [6, 6.07) is 0. The van der Waals surface area contributed by atoms with E-state index in [0.29, 0.717) is 5.50 Å². The van der Waals surface area contributed by atoms with Crippen LogP contribution < -0.4 is 10.6 Å². The Morgan fingerprint density at radius 3 is 1.21 bits per heavy atom. The Balaban J connectivity index is 3.03. The number of hydrogen-bond donors (Lipinski definition) is 2. The highest BCUT2D eigenvalue weighted by Crippen LogP contribution is 2.14. The zero-order chi connectivity index (χ0) is 17.7. The third-order valence-corrected chi connectivity index (χ3v) is 6.14. The average molecular weight is 359 g/mol. The van der Waals surface area contributed by atoms with Crippen LogP contribution in [0.4, 0.5) is 0 Å². The van der Waals surface area contributed by atoms with Crippen LogP contribution in [-0.2, 0) is 0 Å². The van der Waals surface area contributed by atoms with E-state index in [4.69, 9.17) is 0 Å². The topological polar surface area (TPSA) is 24.1 Å². The maximum atomic E-state index is 3.26. The molecule has 2 N–H and O–H groups in total. The van der Waals surface area contributed by atoms with Gasteiger partial charge in [-0.1, -0.05) is 103 Å². The Morgan fingerprint density at radius 1 is 0.542 bits per heavy atom.